The molecule has 3 heteroatoms. The molecule has 1 unspecified atom stereocenters. The van der Waals surface area contributed by atoms with Gasteiger partial charge in [-0.25, -0.2) is 4.98 Å². The summed E-state index contributed by atoms with van der Waals surface area (Å²) in [5.74, 6) is 1.01. The van der Waals surface area contributed by atoms with E-state index in [2.05, 4.69) is 47.7 Å². The average molecular weight is 243 g/mol. The Morgan fingerprint density at radius 3 is 2.39 bits per heavy atom. The largest absolute Gasteiger partial charge is 0.327 e. The Bertz CT molecular complexity index is 509. The van der Waals surface area contributed by atoms with E-state index >= 15 is 0 Å². The molecule has 1 aromatic carbocycles. The van der Waals surface area contributed by atoms with Gasteiger partial charge in [0.2, 0.25) is 0 Å². The van der Waals surface area contributed by atoms with E-state index in [1.165, 1.54) is 5.56 Å². The van der Waals surface area contributed by atoms with Crippen molar-refractivity contribution in [2.24, 2.45) is 5.73 Å². The molecule has 96 valence electrons. The van der Waals surface area contributed by atoms with Crippen molar-refractivity contribution in [3.05, 3.63) is 41.7 Å². The van der Waals surface area contributed by atoms with E-state index in [0.29, 0.717) is 0 Å². The Labute approximate surface area is 109 Å². The minimum absolute atomic E-state index is 0.0149. The fraction of sp³-hybridized carbons (Fsp3) is 0.400. The van der Waals surface area contributed by atoms with Crippen LogP contribution < -0.4 is 5.73 Å². The molecule has 0 amide bonds. The summed E-state index contributed by atoms with van der Waals surface area (Å²) in [4.78, 5) is 4.52. The summed E-state index contributed by atoms with van der Waals surface area (Å²) in [6.45, 7) is 7.17. The van der Waals surface area contributed by atoms with Gasteiger partial charge in [-0.05, 0) is 25.8 Å². The summed E-state index contributed by atoms with van der Waals surface area (Å²) in [7, 11) is 0. The normalized spacial score (nSPS) is 12.7. The van der Waals surface area contributed by atoms with Crippen LogP contribution in [0.2, 0.25) is 0 Å². The van der Waals surface area contributed by atoms with Gasteiger partial charge in [-0.3, -0.25) is 0 Å². The van der Waals surface area contributed by atoms with Crippen LogP contribution >= 0.6 is 0 Å². The second kappa shape index (κ2) is 5.36. The first-order valence-electron chi connectivity index (χ1n) is 6.57. The number of hydrogen-bond donors (Lipinski definition) is 1. The highest BCUT2D eigenvalue weighted by molar-refractivity contribution is 5.56. The van der Waals surface area contributed by atoms with E-state index in [1.807, 2.05) is 13.1 Å². The van der Waals surface area contributed by atoms with Gasteiger partial charge in [-0.1, -0.05) is 31.2 Å². The quantitative estimate of drug-likeness (QED) is 0.896. The molecule has 1 heterocycles. The zero-order chi connectivity index (χ0) is 13.1. The zero-order valence-electron chi connectivity index (χ0n) is 11.4. The molecular formula is C15H21N3. The third kappa shape index (κ3) is 2.31. The lowest BCUT2D eigenvalue weighted by Crippen LogP contribution is -2.12. The lowest BCUT2D eigenvalue weighted by atomic mass is 10.1. The molecule has 0 bridgehead atoms. The summed E-state index contributed by atoms with van der Waals surface area (Å²) in [5.41, 5.74) is 9.56. The van der Waals surface area contributed by atoms with Gasteiger partial charge in [0, 0.05) is 18.2 Å². The first kappa shape index (κ1) is 12.8. The Balaban J connectivity index is 2.43. The highest BCUT2D eigenvalue weighted by Crippen LogP contribution is 2.22. The number of nitrogens with two attached hydrogens (primary N) is 1. The van der Waals surface area contributed by atoms with Crippen LogP contribution in [0, 0.1) is 0 Å². The topological polar surface area (TPSA) is 43.8 Å². The molecular weight excluding hydrogens is 222 g/mol. The first-order valence-corrected chi connectivity index (χ1v) is 6.57. The Morgan fingerprint density at radius 1 is 1.22 bits per heavy atom. The number of aromatic nitrogens is 2. The number of benzene rings is 1. The van der Waals surface area contributed by atoms with Gasteiger partial charge in [0.25, 0.3) is 0 Å². The molecule has 0 saturated heterocycles. The number of nitrogens with zero attached hydrogens (tertiary/aromatic N) is 2. The highest BCUT2D eigenvalue weighted by atomic mass is 15.1. The Hall–Kier alpha value is -1.61. The number of aryl methyl sites for hydroxylation is 1. The van der Waals surface area contributed by atoms with E-state index in [0.717, 1.165) is 30.0 Å². The zero-order valence-corrected chi connectivity index (χ0v) is 11.4. The molecule has 0 radical (unpaired) electrons. The fourth-order valence-corrected chi connectivity index (χ4v) is 2.20. The number of imidazole rings is 1. The van der Waals surface area contributed by atoms with E-state index in [9.17, 15) is 0 Å². The van der Waals surface area contributed by atoms with Gasteiger partial charge in [-0.2, -0.15) is 0 Å². The van der Waals surface area contributed by atoms with Crippen LogP contribution in [0.25, 0.3) is 11.4 Å². The highest BCUT2D eigenvalue weighted by Gasteiger charge is 2.12. The number of rotatable bonds is 4. The average Bonchev–Trinajstić information content (AvgIpc) is 2.82. The Kier molecular flexibility index (Phi) is 3.82. The minimum atomic E-state index is 0.0149. The van der Waals surface area contributed by atoms with E-state index in [4.69, 9.17) is 5.73 Å². The van der Waals surface area contributed by atoms with Crippen molar-refractivity contribution in [2.75, 3.05) is 0 Å². The minimum Gasteiger partial charge on any atom is -0.327 e. The molecule has 0 aliphatic carbocycles. The third-order valence-electron chi connectivity index (χ3n) is 3.29. The predicted molar refractivity (Wildman–Crippen MR) is 75.3 cm³/mol. The molecule has 2 N–H and O–H groups in total. The molecule has 18 heavy (non-hydrogen) atoms. The van der Waals surface area contributed by atoms with Crippen molar-refractivity contribution in [1.29, 1.82) is 0 Å². The lowest BCUT2D eigenvalue weighted by molar-refractivity contribution is 0.662. The predicted octanol–water partition coefficient (Wildman–Crippen LogP) is 3.15. The van der Waals surface area contributed by atoms with Gasteiger partial charge in [-0.15, -0.1) is 0 Å². The second-order valence-electron chi connectivity index (χ2n) is 4.59. The molecule has 2 rings (SSSR count). The van der Waals surface area contributed by atoms with Crippen LogP contribution in [0.5, 0.6) is 0 Å². The van der Waals surface area contributed by atoms with Gasteiger partial charge < -0.3 is 10.3 Å². The molecule has 0 aliphatic rings. The van der Waals surface area contributed by atoms with Crippen molar-refractivity contribution in [2.45, 2.75) is 39.8 Å². The standard InChI is InChI=1S/C15H21N3/c1-4-12-6-8-13(9-7-12)15-17-10-14(11(3)16)18(15)5-2/h6-11H,4-5,16H2,1-3H3. The summed E-state index contributed by atoms with van der Waals surface area (Å²) >= 11 is 0. The summed E-state index contributed by atoms with van der Waals surface area (Å²) in [6.07, 6.45) is 2.95. The monoisotopic (exact) mass is 243 g/mol. The fourth-order valence-electron chi connectivity index (χ4n) is 2.20. The van der Waals surface area contributed by atoms with Crippen LogP contribution in [0.4, 0.5) is 0 Å². The lowest BCUT2D eigenvalue weighted by Gasteiger charge is -2.12. The van der Waals surface area contributed by atoms with Crippen molar-refractivity contribution in [1.82, 2.24) is 9.55 Å². The van der Waals surface area contributed by atoms with E-state index in [-0.39, 0.29) is 6.04 Å². The maximum atomic E-state index is 5.97. The molecule has 0 aliphatic heterocycles. The van der Waals surface area contributed by atoms with Gasteiger partial charge >= 0.3 is 0 Å². The second-order valence-corrected chi connectivity index (χ2v) is 4.59. The summed E-state index contributed by atoms with van der Waals surface area (Å²) < 4.78 is 2.19. The van der Waals surface area contributed by atoms with Crippen LogP contribution in [0.1, 0.15) is 38.1 Å². The SMILES string of the molecule is CCc1ccc(-c2ncc(C(C)N)n2CC)cc1. The van der Waals surface area contributed by atoms with E-state index in [1.54, 1.807) is 0 Å². The Morgan fingerprint density at radius 2 is 1.89 bits per heavy atom. The maximum absolute atomic E-state index is 5.97. The van der Waals surface area contributed by atoms with Crippen molar-refractivity contribution in [3.8, 4) is 11.4 Å². The van der Waals surface area contributed by atoms with E-state index < -0.39 is 0 Å². The molecule has 1 aromatic heterocycles. The third-order valence-corrected chi connectivity index (χ3v) is 3.29. The summed E-state index contributed by atoms with van der Waals surface area (Å²) in [5, 5.41) is 0. The molecule has 2 aromatic rings. The maximum Gasteiger partial charge on any atom is 0.140 e. The molecule has 1 atom stereocenters. The van der Waals surface area contributed by atoms with Crippen molar-refractivity contribution in [3.63, 3.8) is 0 Å². The summed E-state index contributed by atoms with van der Waals surface area (Å²) in [6, 6.07) is 8.61. The van der Waals surface area contributed by atoms with Crippen LogP contribution in [-0.2, 0) is 13.0 Å². The van der Waals surface area contributed by atoms with Crippen LogP contribution in [0.15, 0.2) is 30.5 Å². The van der Waals surface area contributed by atoms with Crippen molar-refractivity contribution < 1.29 is 0 Å². The van der Waals surface area contributed by atoms with Crippen LogP contribution in [0.3, 0.4) is 0 Å². The smallest absolute Gasteiger partial charge is 0.140 e. The van der Waals surface area contributed by atoms with Crippen LogP contribution in [-0.4, -0.2) is 9.55 Å². The van der Waals surface area contributed by atoms with Gasteiger partial charge in [0.1, 0.15) is 5.82 Å². The first-order chi connectivity index (χ1) is 8.67. The molecule has 0 spiro atoms. The number of hydrogen-bond acceptors (Lipinski definition) is 2. The van der Waals surface area contributed by atoms with Gasteiger partial charge in [0.05, 0.1) is 11.9 Å². The molecule has 0 fully saturated rings. The van der Waals surface area contributed by atoms with Crippen molar-refractivity contribution >= 4 is 0 Å². The van der Waals surface area contributed by atoms with Gasteiger partial charge in [0.15, 0.2) is 0 Å². The molecule has 3 nitrogen and oxygen atoms in total. The molecule has 0 saturated carbocycles.